The SMILES string of the molecule is O=CNC(c1ccccc1)C(OCc1ccccc1)C(O)C(=O)O. The van der Waals surface area contributed by atoms with Crippen LogP contribution in [0.5, 0.6) is 0 Å². The van der Waals surface area contributed by atoms with E-state index in [9.17, 15) is 14.7 Å². The van der Waals surface area contributed by atoms with Gasteiger partial charge < -0.3 is 20.3 Å². The molecule has 0 aliphatic heterocycles. The van der Waals surface area contributed by atoms with Crippen molar-refractivity contribution in [2.45, 2.75) is 24.9 Å². The topological polar surface area (TPSA) is 95.9 Å². The van der Waals surface area contributed by atoms with Crippen molar-refractivity contribution in [1.82, 2.24) is 5.32 Å². The molecule has 3 unspecified atom stereocenters. The molecular weight excluding hydrogens is 310 g/mol. The lowest BCUT2D eigenvalue weighted by molar-refractivity contribution is -0.159. The van der Waals surface area contributed by atoms with Crippen LogP contribution >= 0.6 is 0 Å². The molecule has 0 heterocycles. The highest BCUT2D eigenvalue weighted by molar-refractivity contribution is 5.73. The van der Waals surface area contributed by atoms with Gasteiger partial charge in [0.1, 0.15) is 6.10 Å². The van der Waals surface area contributed by atoms with Crippen LogP contribution in [0.3, 0.4) is 0 Å². The van der Waals surface area contributed by atoms with E-state index in [1.165, 1.54) is 0 Å². The standard InChI is InChI=1S/C18H19NO5/c20-12-19-15(14-9-5-2-6-10-14)17(16(21)18(22)23)24-11-13-7-3-1-4-8-13/h1-10,12,15-17,21H,11H2,(H,19,20)(H,22,23). The summed E-state index contributed by atoms with van der Waals surface area (Å²) in [6, 6.07) is 17.2. The van der Waals surface area contributed by atoms with E-state index in [0.717, 1.165) is 5.56 Å². The number of amides is 1. The average Bonchev–Trinajstić information content (AvgIpc) is 2.62. The number of carboxylic acid groups (broad SMARTS) is 1. The summed E-state index contributed by atoms with van der Waals surface area (Å²) in [6.07, 6.45) is -2.47. The maximum absolute atomic E-state index is 11.2. The van der Waals surface area contributed by atoms with Crippen molar-refractivity contribution in [3.8, 4) is 0 Å². The van der Waals surface area contributed by atoms with Gasteiger partial charge in [-0.25, -0.2) is 4.79 Å². The van der Waals surface area contributed by atoms with Gasteiger partial charge in [-0.3, -0.25) is 4.79 Å². The number of carbonyl (C=O) groups is 2. The van der Waals surface area contributed by atoms with Crippen LogP contribution in [0, 0.1) is 0 Å². The third-order valence-corrected chi connectivity index (χ3v) is 3.58. The maximum Gasteiger partial charge on any atom is 0.335 e. The van der Waals surface area contributed by atoms with E-state index in [2.05, 4.69) is 5.32 Å². The number of ether oxygens (including phenoxy) is 1. The summed E-state index contributed by atoms with van der Waals surface area (Å²) in [5.74, 6) is -1.42. The Morgan fingerprint density at radius 3 is 2.21 bits per heavy atom. The van der Waals surface area contributed by atoms with Gasteiger partial charge in [0.2, 0.25) is 6.41 Å². The second kappa shape index (κ2) is 8.81. The number of aliphatic hydroxyl groups is 1. The van der Waals surface area contributed by atoms with E-state index in [0.29, 0.717) is 12.0 Å². The molecule has 126 valence electrons. The normalized spacial score (nSPS) is 14.4. The highest BCUT2D eigenvalue weighted by Gasteiger charge is 2.34. The van der Waals surface area contributed by atoms with Crippen molar-refractivity contribution in [2.75, 3.05) is 0 Å². The first-order valence-corrected chi connectivity index (χ1v) is 7.44. The summed E-state index contributed by atoms with van der Waals surface area (Å²) in [5, 5.41) is 21.8. The van der Waals surface area contributed by atoms with Gasteiger partial charge in [-0.2, -0.15) is 0 Å². The smallest absolute Gasteiger partial charge is 0.335 e. The molecule has 0 aliphatic rings. The van der Waals surface area contributed by atoms with Gasteiger partial charge in [0.05, 0.1) is 12.6 Å². The fraction of sp³-hybridized carbons (Fsp3) is 0.222. The Morgan fingerprint density at radius 2 is 1.67 bits per heavy atom. The quantitative estimate of drug-likeness (QED) is 0.606. The molecule has 0 aliphatic carbocycles. The van der Waals surface area contributed by atoms with Gasteiger partial charge in [0, 0.05) is 0 Å². The molecule has 0 fully saturated rings. The number of carbonyl (C=O) groups excluding carboxylic acids is 1. The van der Waals surface area contributed by atoms with Gasteiger partial charge in [-0.1, -0.05) is 60.7 Å². The van der Waals surface area contributed by atoms with E-state index in [-0.39, 0.29) is 6.61 Å². The lowest BCUT2D eigenvalue weighted by Crippen LogP contribution is -2.45. The van der Waals surface area contributed by atoms with Crippen LogP contribution in [0.4, 0.5) is 0 Å². The number of hydrogen-bond donors (Lipinski definition) is 3. The Bertz CT molecular complexity index is 647. The molecule has 3 atom stereocenters. The van der Waals surface area contributed by atoms with E-state index in [1.54, 1.807) is 30.3 Å². The molecule has 2 aromatic carbocycles. The van der Waals surface area contributed by atoms with Crippen LogP contribution in [0.25, 0.3) is 0 Å². The zero-order valence-corrected chi connectivity index (χ0v) is 12.9. The molecule has 1 amide bonds. The van der Waals surface area contributed by atoms with Crippen molar-refractivity contribution < 1.29 is 24.5 Å². The fourth-order valence-electron chi connectivity index (χ4n) is 2.39. The summed E-state index contributed by atoms with van der Waals surface area (Å²) in [6.45, 7) is 0.111. The number of aliphatic carboxylic acids is 1. The molecule has 0 saturated carbocycles. The molecule has 0 radical (unpaired) electrons. The lowest BCUT2D eigenvalue weighted by atomic mass is 9.97. The van der Waals surface area contributed by atoms with E-state index >= 15 is 0 Å². The third kappa shape index (κ3) is 4.65. The molecule has 0 spiro atoms. The fourth-order valence-corrected chi connectivity index (χ4v) is 2.39. The maximum atomic E-state index is 11.2. The number of benzene rings is 2. The summed E-state index contributed by atoms with van der Waals surface area (Å²) < 4.78 is 5.67. The first-order valence-electron chi connectivity index (χ1n) is 7.44. The number of rotatable bonds is 9. The average molecular weight is 329 g/mol. The third-order valence-electron chi connectivity index (χ3n) is 3.58. The summed E-state index contributed by atoms with van der Waals surface area (Å²) in [7, 11) is 0. The van der Waals surface area contributed by atoms with Crippen molar-refractivity contribution in [3.63, 3.8) is 0 Å². The predicted octanol–water partition coefficient (Wildman–Crippen LogP) is 1.50. The second-order valence-electron chi connectivity index (χ2n) is 5.22. The highest BCUT2D eigenvalue weighted by Crippen LogP contribution is 2.23. The molecule has 0 aromatic heterocycles. The molecular formula is C18H19NO5. The van der Waals surface area contributed by atoms with Crippen molar-refractivity contribution >= 4 is 12.4 Å². The molecule has 2 aromatic rings. The molecule has 24 heavy (non-hydrogen) atoms. The first kappa shape index (κ1) is 17.7. The Labute approximate surface area is 139 Å². The minimum Gasteiger partial charge on any atom is -0.479 e. The second-order valence-corrected chi connectivity index (χ2v) is 5.22. The largest absolute Gasteiger partial charge is 0.479 e. The zero-order valence-electron chi connectivity index (χ0n) is 12.9. The number of nitrogens with one attached hydrogen (secondary N) is 1. The van der Waals surface area contributed by atoms with E-state index < -0.39 is 24.2 Å². The summed E-state index contributed by atoms with van der Waals surface area (Å²) in [4.78, 5) is 22.2. The zero-order chi connectivity index (χ0) is 17.4. The van der Waals surface area contributed by atoms with Crippen LogP contribution in [0.2, 0.25) is 0 Å². The summed E-state index contributed by atoms with van der Waals surface area (Å²) in [5.41, 5.74) is 1.47. The molecule has 0 bridgehead atoms. The van der Waals surface area contributed by atoms with E-state index in [4.69, 9.17) is 9.84 Å². The van der Waals surface area contributed by atoms with Crippen LogP contribution < -0.4 is 5.32 Å². The lowest BCUT2D eigenvalue weighted by Gasteiger charge is -2.29. The van der Waals surface area contributed by atoms with Gasteiger partial charge in [0.15, 0.2) is 6.10 Å². The van der Waals surface area contributed by atoms with Crippen LogP contribution in [0.15, 0.2) is 60.7 Å². The molecule has 2 rings (SSSR count). The predicted molar refractivity (Wildman–Crippen MR) is 87.0 cm³/mol. The van der Waals surface area contributed by atoms with Crippen LogP contribution in [-0.4, -0.2) is 34.8 Å². The minimum atomic E-state index is -1.79. The minimum absolute atomic E-state index is 0.111. The molecule has 0 saturated heterocycles. The van der Waals surface area contributed by atoms with Crippen molar-refractivity contribution in [3.05, 3.63) is 71.8 Å². The Morgan fingerprint density at radius 1 is 1.08 bits per heavy atom. The van der Waals surface area contributed by atoms with Crippen molar-refractivity contribution in [2.24, 2.45) is 0 Å². The molecule has 3 N–H and O–H groups in total. The number of hydrogen-bond acceptors (Lipinski definition) is 4. The molecule has 6 heteroatoms. The first-order chi connectivity index (χ1) is 11.6. The van der Waals surface area contributed by atoms with Gasteiger partial charge in [0.25, 0.3) is 0 Å². The van der Waals surface area contributed by atoms with Crippen LogP contribution in [0.1, 0.15) is 17.2 Å². The Kier molecular flexibility index (Phi) is 6.48. The Hall–Kier alpha value is -2.70. The Balaban J connectivity index is 2.25. The monoisotopic (exact) mass is 329 g/mol. The van der Waals surface area contributed by atoms with Crippen molar-refractivity contribution in [1.29, 1.82) is 0 Å². The molecule has 6 nitrogen and oxygen atoms in total. The van der Waals surface area contributed by atoms with Crippen LogP contribution in [-0.2, 0) is 20.9 Å². The number of aliphatic hydroxyl groups excluding tert-OH is 1. The number of carboxylic acids is 1. The van der Waals surface area contributed by atoms with E-state index in [1.807, 2.05) is 30.3 Å². The summed E-state index contributed by atoms with van der Waals surface area (Å²) >= 11 is 0. The highest BCUT2D eigenvalue weighted by atomic mass is 16.5. The van der Waals surface area contributed by atoms with Gasteiger partial charge in [-0.15, -0.1) is 0 Å². The van der Waals surface area contributed by atoms with Gasteiger partial charge in [-0.05, 0) is 11.1 Å². The van der Waals surface area contributed by atoms with Gasteiger partial charge >= 0.3 is 5.97 Å².